The lowest BCUT2D eigenvalue weighted by molar-refractivity contribution is 0.970. The summed E-state index contributed by atoms with van der Waals surface area (Å²) in [5.74, 6) is 0.205. The number of nitrogens with zero attached hydrogens (tertiary/aromatic N) is 2. The molecule has 0 fully saturated rings. The molecule has 0 unspecified atom stereocenters. The third-order valence-corrected chi connectivity index (χ3v) is 5.44. The van der Waals surface area contributed by atoms with Crippen LogP contribution in [0.25, 0.3) is 0 Å². The van der Waals surface area contributed by atoms with E-state index >= 15 is 0 Å². The lowest BCUT2D eigenvalue weighted by atomic mass is 9.84. The molecule has 0 aliphatic rings. The van der Waals surface area contributed by atoms with E-state index in [4.69, 9.17) is 0 Å². The van der Waals surface area contributed by atoms with Crippen molar-refractivity contribution in [2.24, 2.45) is 0 Å². The maximum atomic E-state index is 3.45. The second kappa shape index (κ2) is 9.04. The second-order valence-electron chi connectivity index (χ2n) is 8.01. The summed E-state index contributed by atoms with van der Waals surface area (Å²) in [6.45, 7) is 5.25. The van der Waals surface area contributed by atoms with E-state index in [1.807, 2.05) is 0 Å². The van der Waals surface area contributed by atoms with Crippen LogP contribution >= 0.6 is 0 Å². The number of benzene rings is 3. The molecule has 3 nitrogen and oxygen atoms in total. The maximum Gasteiger partial charge on any atom is 0.0369 e. The van der Waals surface area contributed by atoms with Crippen LogP contribution in [-0.4, -0.2) is 34.7 Å². The fourth-order valence-corrected chi connectivity index (χ4v) is 3.76. The fourth-order valence-electron chi connectivity index (χ4n) is 3.76. The molecule has 0 amide bonds. The van der Waals surface area contributed by atoms with Gasteiger partial charge in [-0.2, -0.15) is 0 Å². The summed E-state index contributed by atoms with van der Waals surface area (Å²) >= 11 is 0. The Hall–Kier alpha value is -2.94. The lowest BCUT2D eigenvalue weighted by Crippen LogP contribution is -2.10. The van der Waals surface area contributed by atoms with Crippen molar-refractivity contribution in [3.63, 3.8) is 0 Å². The highest BCUT2D eigenvalue weighted by Crippen LogP contribution is 2.35. The summed E-state index contributed by atoms with van der Waals surface area (Å²) in [4.78, 5) is 4.28. The van der Waals surface area contributed by atoms with Gasteiger partial charge in [-0.1, -0.05) is 36.4 Å². The van der Waals surface area contributed by atoms with Crippen LogP contribution in [0.15, 0.2) is 66.7 Å². The summed E-state index contributed by atoms with van der Waals surface area (Å²) in [5, 5.41) is 3.45. The predicted octanol–water partition coefficient (Wildman–Crippen LogP) is 5.74. The molecule has 1 N–H and O–H groups in total. The van der Waals surface area contributed by atoms with Gasteiger partial charge in [-0.05, 0) is 66.4 Å². The summed E-state index contributed by atoms with van der Waals surface area (Å²) in [6.07, 6.45) is 0. The van der Waals surface area contributed by atoms with Crippen LogP contribution in [0.4, 0.5) is 17.1 Å². The van der Waals surface area contributed by atoms with Gasteiger partial charge >= 0.3 is 0 Å². The summed E-state index contributed by atoms with van der Waals surface area (Å²) < 4.78 is 0. The Bertz CT molecular complexity index is 874. The average Bonchev–Trinajstić information content (AvgIpc) is 2.71. The zero-order chi connectivity index (χ0) is 21.0. The van der Waals surface area contributed by atoms with Gasteiger partial charge in [0.15, 0.2) is 0 Å². The topological polar surface area (TPSA) is 18.5 Å². The summed E-state index contributed by atoms with van der Waals surface area (Å²) in [7, 11) is 8.31. The van der Waals surface area contributed by atoms with E-state index in [1.165, 1.54) is 39.3 Å². The van der Waals surface area contributed by atoms with Crippen LogP contribution in [-0.2, 0) is 0 Å². The van der Waals surface area contributed by atoms with Gasteiger partial charge in [-0.3, -0.25) is 0 Å². The van der Waals surface area contributed by atoms with Crippen molar-refractivity contribution in [1.82, 2.24) is 0 Å². The Kier molecular flexibility index (Phi) is 6.48. The number of hydrogen-bond acceptors (Lipinski definition) is 3. The van der Waals surface area contributed by atoms with E-state index in [0.717, 1.165) is 6.54 Å². The Labute approximate surface area is 176 Å². The molecule has 0 heterocycles. The standard InChI is InChI=1S/C26H33N3/c1-7-27-25-17-12-22(18-19(25)2)26(20-8-13-23(14-9-20)28(3)4)21-10-15-24(16-11-21)29(5)6/h8-18,26-27H,7H2,1-6H3. The Morgan fingerprint density at radius 2 is 1.14 bits per heavy atom. The number of nitrogens with one attached hydrogen (secondary N) is 1. The molecule has 0 saturated heterocycles. The molecule has 152 valence electrons. The molecule has 3 aromatic rings. The minimum atomic E-state index is 0.205. The SMILES string of the molecule is CCNc1ccc(C(c2ccc(N(C)C)cc2)c2ccc(N(C)C)cc2)cc1C. The van der Waals surface area contributed by atoms with Crippen molar-refractivity contribution in [1.29, 1.82) is 0 Å². The largest absolute Gasteiger partial charge is 0.385 e. The van der Waals surface area contributed by atoms with E-state index in [1.54, 1.807) is 0 Å². The quantitative estimate of drug-likeness (QED) is 0.522. The molecule has 0 saturated carbocycles. The van der Waals surface area contributed by atoms with Crippen molar-refractivity contribution in [2.75, 3.05) is 49.9 Å². The van der Waals surface area contributed by atoms with E-state index in [0.29, 0.717) is 0 Å². The second-order valence-corrected chi connectivity index (χ2v) is 8.01. The maximum absolute atomic E-state index is 3.45. The van der Waals surface area contributed by atoms with E-state index < -0.39 is 0 Å². The van der Waals surface area contributed by atoms with Gasteiger partial charge in [0.05, 0.1) is 0 Å². The monoisotopic (exact) mass is 387 g/mol. The van der Waals surface area contributed by atoms with Crippen molar-refractivity contribution >= 4 is 17.1 Å². The molecule has 0 atom stereocenters. The Morgan fingerprint density at radius 1 is 0.690 bits per heavy atom. The zero-order valence-electron chi connectivity index (χ0n) is 18.5. The molecule has 3 rings (SSSR count). The molecule has 3 heteroatoms. The van der Waals surface area contributed by atoms with Crippen molar-refractivity contribution in [3.8, 4) is 0 Å². The first-order valence-corrected chi connectivity index (χ1v) is 10.3. The Morgan fingerprint density at radius 3 is 1.52 bits per heavy atom. The smallest absolute Gasteiger partial charge is 0.0369 e. The first-order chi connectivity index (χ1) is 13.9. The number of anilines is 3. The molecule has 0 aliphatic heterocycles. The van der Waals surface area contributed by atoms with E-state index in [-0.39, 0.29) is 5.92 Å². The van der Waals surface area contributed by atoms with Gasteiger partial charge in [0.25, 0.3) is 0 Å². The number of rotatable bonds is 7. The minimum Gasteiger partial charge on any atom is -0.385 e. The normalized spacial score (nSPS) is 10.9. The van der Waals surface area contributed by atoms with Crippen LogP contribution in [0.1, 0.15) is 35.1 Å². The first kappa shape index (κ1) is 20.8. The molecule has 0 spiro atoms. The number of hydrogen-bond donors (Lipinski definition) is 1. The van der Waals surface area contributed by atoms with Crippen molar-refractivity contribution in [3.05, 3.63) is 89.0 Å². The average molecular weight is 388 g/mol. The zero-order valence-corrected chi connectivity index (χ0v) is 18.5. The first-order valence-electron chi connectivity index (χ1n) is 10.3. The molecule has 0 bridgehead atoms. The molecule has 3 aromatic carbocycles. The third-order valence-electron chi connectivity index (χ3n) is 5.44. The summed E-state index contributed by atoms with van der Waals surface area (Å²) in [5.41, 5.74) is 8.86. The molecule has 0 radical (unpaired) electrons. The van der Waals surface area contributed by atoms with E-state index in [2.05, 4.69) is 124 Å². The minimum absolute atomic E-state index is 0.205. The van der Waals surface area contributed by atoms with Crippen LogP contribution in [0.2, 0.25) is 0 Å². The highest BCUT2D eigenvalue weighted by atomic mass is 15.1. The summed E-state index contributed by atoms with van der Waals surface area (Å²) in [6, 6.07) is 24.6. The van der Waals surface area contributed by atoms with Crippen LogP contribution in [0.3, 0.4) is 0 Å². The molecular formula is C26H33N3. The molecule has 0 aromatic heterocycles. The van der Waals surface area contributed by atoms with Crippen LogP contribution in [0, 0.1) is 6.92 Å². The highest BCUT2D eigenvalue weighted by Gasteiger charge is 2.18. The van der Waals surface area contributed by atoms with Crippen LogP contribution in [0.5, 0.6) is 0 Å². The fraction of sp³-hybridized carbons (Fsp3) is 0.308. The van der Waals surface area contributed by atoms with Gasteiger partial charge in [0.2, 0.25) is 0 Å². The van der Waals surface area contributed by atoms with Gasteiger partial charge in [-0.25, -0.2) is 0 Å². The lowest BCUT2D eigenvalue weighted by Gasteiger charge is -2.22. The van der Waals surface area contributed by atoms with Gasteiger partial charge in [-0.15, -0.1) is 0 Å². The van der Waals surface area contributed by atoms with Gasteiger partial charge < -0.3 is 15.1 Å². The molecular weight excluding hydrogens is 354 g/mol. The van der Waals surface area contributed by atoms with Gasteiger partial charge in [0.1, 0.15) is 0 Å². The van der Waals surface area contributed by atoms with E-state index in [9.17, 15) is 0 Å². The van der Waals surface area contributed by atoms with Crippen molar-refractivity contribution in [2.45, 2.75) is 19.8 Å². The van der Waals surface area contributed by atoms with Gasteiger partial charge in [0, 0.05) is 57.7 Å². The molecule has 0 aliphatic carbocycles. The van der Waals surface area contributed by atoms with Crippen LogP contribution < -0.4 is 15.1 Å². The predicted molar refractivity (Wildman–Crippen MR) is 128 cm³/mol. The van der Waals surface area contributed by atoms with Crippen molar-refractivity contribution < 1.29 is 0 Å². The highest BCUT2D eigenvalue weighted by molar-refractivity contribution is 5.57. The molecule has 29 heavy (non-hydrogen) atoms. The number of aryl methyl sites for hydroxylation is 1. The Balaban J connectivity index is 2.07. The third kappa shape index (κ3) is 4.73.